The second kappa shape index (κ2) is 6.01. The Hall–Kier alpha value is -2.01. The van der Waals surface area contributed by atoms with Crippen LogP contribution in [0.4, 0.5) is 5.69 Å². The molecule has 1 heterocycles. The van der Waals surface area contributed by atoms with E-state index in [-0.39, 0.29) is 4.90 Å². The molecule has 0 radical (unpaired) electrons. The van der Waals surface area contributed by atoms with Crippen LogP contribution in [0, 0.1) is 6.92 Å². The van der Waals surface area contributed by atoms with E-state index in [1.54, 1.807) is 36.4 Å². The zero-order valence-corrected chi connectivity index (χ0v) is 13.3. The predicted molar refractivity (Wildman–Crippen MR) is 86.9 cm³/mol. The van der Waals surface area contributed by atoms with Crippen molar-refractivity contribution in [1.29, 1.82) is 0 Å². The van der Waals surface area contributed by atoms with Crippen molar-refractivity contribution in [3.05, 3.63) is 54.1 Å². The first-order valence-corrected chi connectivity index (χ1v) is 8.82. The summed E-state index contributed by atoms with van der Waals surface area (Å²) in [6.45, 7) is 3.79. The van der Waals surface area contributed by atoms with Gasteiger partial charge in [0.2, 0.25) is 0 Å². The van der Waals surface area contributed by atoms with Gasteiger partial charge in [0.15, 0.2) is 5.75 Å². The van der Waals surface area contributed by atoms with Gasteiger partial charge < -0.3 is 9.08 Å². The fraction of sp³-hybridized carbons (Fsp3) is 0.294. The van der Waals surface area contributed by atoms with Gasteiger partial charge in [-0.1, -0.05) is 29.8 Å². The van der Waals surface area contributed by atoms with Crippen LogP contribution in [-0.4, -0.2) is 21.5 Å². The Balaban J connectivity index is 1.90. The highest BCUT2D eigenvalue weighted by molar-refractivity contribution is 7.87. The molecule has 4 nitrogen and oxygen atoms in total. The molecule has 3 rings (SSSR count). The summed E-state index contributed by atoms with van der Waals surface area (Å²) in [6.07, 6.45) is 2.25. The first kappa shape index (κ1) is 14.9. The molecule has 2 aromatic rings. The van der Waals surface area contributed by atoms with Gasteiger partial charge in [-0.05, 0) is 44.0 Å². The third kappa shape index (κ3) is 3.09. The monoisotopic (exact) mass is 317 g/mol. The molecule has 0 spiro atoms. The number of hydrogen-bond acceptors (Lipinski definition) is 4. The summed E-state index contributed by atoms with van der Waals surface area (Å²) in [4.78, 5) is 2.34. The van der Waals surface area contributed by atoms with E-state index in [2.05, 4.69) is 4.90 Å². The van der Waals surface area contributed by atoms with Crippen LogP contribution in [0.2, 0.25) is 0 Å². The molecule has 5 heteroatoms. The molecular weight excluding hydrogens is 298 g/mol. The number of aryl methyl sites for hydroxylation is 1. The number of hydrogen-bond donors (Lipinski definition) is 0. The molecule has 0 aliphatic carbocycles. The first-order chi connectivity index (χ1) is 10.6. The second-order valence-electron chi connectivity index (χ2n) is 5.51. The highest BCUT2D eigenvalue weighted by Gasteiger charge is 2.21. The Bertz CT molecular complexity index is 748. The summed E-state index contributed by atoms with van der Waals surface area (Å²) in [7, 11) is -3.81. The van der Waals surface area contributed by atoms with Crippen LogP contribution < -0.4 is 9.08 Å². The van der Waals surface area contributed by atoms with Crippen molar-refractivity contribution in [3.63, 3.8) is 0 Å². The number of nitrogens with zero attached hydrogens (tertiary/aromatic N) is 1. The van der Waals surface area contributed by atoms with Gasteiger partial charge in [-0.25, -0.2) is 0 Å². The van der Waals surface area contributed by atoms with Crippen molar-refractivity contribution in [3.8, 4) is 5.75 Å². The molecule has 116 valence electrons. The highest BCUT2D eigenvalue weighted by Crippen LogP contribution is 2.32. The zero-order chi connectivity index (χ0) is 15.6. The number of rotatable bonds is 4. The molecule has 2 aromatic carbocycles. The van der Waals surface area contributed by atoms with E-state index in [0.717, 1.165) is 37.2 Å². The molecule has 0 saturated carbocycles. The lowest BCUT2D eigenvalue weighted by atomic mass is 10.2. The van der Waals surface area contributed by atoms with Crippen molar-refractivity contribution in [2.45, 2.75) is 24.7 Å². The minimum absolute atomic E-state index is 0.175. The van der Waals surface area contributed by atoms with Gasteiger partial charge in [0.05, 0.1) is 5.69 Å². The average Bonchev–Trinajstić information content (AvgIpc) is 3.02. The van der Waals surface area contributed by atoms with Gasteiger partial charge in [0, 0.05) is 13.1 Å². The van der Waals surface area contributed by atoms with Crippen LogP contribution in [0.15, 0.2) is 53.4 Å². The van der Waals surface area contributed by atoms with Crippen molar-refractivity contribution < 1.29 is 12.6 Å². The SMILES string of the molecule is Cc1ccc(S(=O)(=O)Oc2ccccc2N2CCCC2)cc1. The van der Waals surface area contributed by atoms with Gasteiger partial charge >= 0.3 is 10.1 Å². The smallest absolute Gasteiger partial charge is 0.339 e. The van der Waals surface area contributed by atoms with Gasteiger partial charge in [0.1, 0.15) is 4.90 Å². The lowest BCUT2D eigenvalue weighted by Gasteiger charge is -2.20. The molecule has 0 aromatic heterocycles. The largest absolute Gasteiger partial charge is 0.377 e. The molecule has 0 atom stereocenters. The number of para-hydroxylation sites is 2. The van der Waals surface area contributed by atoms with Crippen molar-refractivity contribution in [2.24, 2.45) is 0 Å². The maximum absolute atomic E-state index is 12.4. The van der Waals surface area contributed by atoms with Gasteiger partial charge in [-0.2, -0.15) is 8.42 Å². The predicted octanol–water partition coefficient (Wildman–Crippen LogP) is 3.36. The molecule has 1 aliphatic rings. The summed E-state index contributed by atoms with van der Waals surface area (Å²) in [5.41, 5.74) is 1.85. The number of benzene rings is 2. The van der Waals surface area contributed by atoms with Crippen molar-refractivity contribution >= 4 is 15.8 Å². The Morgan fingerprint density at radius 2 is 1.59 bits per heavy atom. The molecule has 1 saturated heterocycles. The minimum Gasteiger partial charge on any atom is -0.377 e. The zero-order valence-electron chi connectivity index (χ0n) is 12.5. The summed E-state index contributed by atoms with van der Waals surface area (Å²) in [5.74, 6) is 0.393. The first-order valence-electron chi connectivity index (χ1n) is 7.41. The lowest BCUT2D eigenvalue weighted by Crippen LogP contribution is -2.19. The van der Waals surface area contributed by atoms with Crippen LogP contribution in [0.5, 0.6) is 5.75 Å². The van der Waals surface area contributed by atoms with Crippen LogP contribution in [0.3, 0.4) is 0 Å². The lowest BCUT2D eigenvalue weighted by molar-refractivity contribution is 0.486. The molecule has 0 N–H and O–H groups in total. The van der Waals surface area contributed by atoms with Gasteiger partial charge in [-0.3, -0.25) is 0 Å². The standard InChI is InChI=1S/C17H19NO3S/c1-14-8-10-15(11-9-14)22(19,20)21-17-7-3-2-6-16(17)18-12-4-5-13-18/h2-3,6-11H,4-5,12-13H2,1H3. The third-order valence-electron chi connectivity index (χ3n) is 3.82. The third-order valence-corrected chi connectivity index (χ3v) is 5.07. The molecule has 22 heavy (non-hydrogen) atoms. The maximum atomic E-state index is 12.4. The van der Waals surface area contributed by atoms with Gasteiger partial charge in [-0.15, -0.1) is 0 Å². The Kier molecular flexibility index (Phi) is 4.07. The van der Waals surface area contributed by atoms with Crippen LogP contribution >= 0.6 is 0 Å². The number of anilines is 1. The van der Waals surface area contributed by atoms with Crippen molar-refractivity contribution in [1.82, 2.24) is 0 Å². The molecule has 0 unspecified atom stereocenters. The van der Waals surface area contributed by atoms with Gasteiger partial charge in [0.25, 0.3) is 0 Å². The van der Waals surface area contributed by atoms with E-state index >= 15 is 0 Å². The van der Waals surface area contributed by atoms with Crippen LogP contribution in [0.25, 0.3) is 0 Å². The van der Waals surface area contributed by atoms with E-state index in [1.165, 1.54) is 0 Å². The normalized spacial score (nSPS) is 15.0. The summed E-state index contributed by atoms with van der Waals surface area (Å²) < 4.78 is 30.3. The Morgan fingerprint density at radius 3 is 2.27 bits per heavy atom. The van der Waals surface area contributed by atoms with Crippen molar-refractivity contribution in [2.75, 3.05) is 18.0 Å². The van der Waals surface area contributed by atoms with E-state index in [9.17, 15) is 8.42 Å². The molecular formula is C17H19NO3S. The van der Waals surface area contributed by atoms with E-state index in [0.29, 0.717) is 5.75 Å². The topological polar surface area (TPSA) is 46.6 Å². The molecule has 1 aliphatic heterocycles. The summed E-state index contributed by atoms with van der Waals surface area (Å²) in [6, 6.07) is 14.0. The summed E-state index contributed by atoms with van der Waals surface area (Å²) >= 11 is 0. The van der Waals surface area contributed by atoms with E-state index in [1.807, 2.05) is 19.1 Å². The molecule has 0 bridgehead atoms. The Morgan fingerprint density at radius 1 is 0.955 bits per heavy atom. The quantitative estimate of drug-likeness (QED) is 0.811. The minimum atomic E-state index is -3.81. The fourth-order valence-electron chi connectivity index (χ4n) is 2.62. The average molecular weight is 317 g/mol. The van der Waals surface area contributed by atoms with E-state index in [4.69, 9.17) is 4.18 Å². The highest BCUT2D eigenvalue weighted by atomic mass is 32.2. The summed E-state index contributed by atoms with van der Waals surface area (Å²) in [5, 5.41) is 0. The Labute approximate surface area is 131 Å². The van der Waals surface area contributed by atoms with Crippen LogP contribution in [-0.2, 0) is 10.1 Å². The second-order valence-corrected chi connectivity index (χ2v) is 7.06. The van der Waals surface area contributed by atoms with E-state index < -0.39 is 10.1 Å². The molecule has 1 fully saturated rings. The maximum Gasteiger partial charge on any atom is 0.339 e. The fourth-order valence-corrected chi connectivity index (χ4v) is 3.56. The van der Waals surface area contributed by atoms with Crippen LogP contribution in [0.1, 0.15) is 18.4 Å². The molecule has 0 amide bonds.